The molecule has 9 nitrogen and oxygen atoms in total. The van der Waals surface area contributed by atoms with Crippen molar-refractivity contribution in [1.29, 1.82) is 0 Å². The second-order valence-electron chi connectivity index (χ2n) is 6.67. The number of benzene rings is 2. The SMILES string of the molecule is COc1ccc(NC(=O)CSc2nc3ccccc3o2)cc1S(=O)(=O)N1CCOCC1. The van der Waals surface area contributed by atoms with Gasteiger partial charge in [0.05, 0.1) is 26.1 Å². The number of nitrogens with one attached hydrogen (secondary N) is 1. The number of fused-ring (bicyclic) bond motifs is 1. The number of morpholine rings is 1. The standard InChI is InChI=1S/C20H21N3O6S2/c1-27-17-7-6-14(12-18(17)31(25,26)23-8-10-28-11-9-23)21-19(24)13-30-20-22-15-4-2-3-5-16(15)29-20/h2-7,12H,8-11,13H2,1H3,(H,21,24). The molecule has 1 aromatic heterocycles. The predicted molar refractivity (Wildman–Crippen MR) is 116 cm³/mol. The normalized spacial score (nSPS) is 15.1. The van der Waals surface area contributed by atoms with E-state index in [1.54, 1.807) is 12.1 Å². The van der Waals surface area contributed by atoms with Gasteiger partial charge in [-0.2, -0.15) is 4.31 Å². The van der Waals surface area contributed by atoms with Crippen molar-refractivity contribution in [3.63, 3.8) is 0 Å². The van der Waals surface area contributed by atoms with Crippen LogP contribution in [-0.4, -0.2) is 62.8 Å². The molecule has 2 heterocycles. The third kappa shape index (κ3) is 4.85. The highest BCUT2D eigenvalue weighted by Gasteiger charge is 2.29. The molecule has 0 bridgehead atoms. The summed E-state index contributed by atoms with van der Waals surface area (Å²) in [6, 6.07) is 11.9. The number of anilines is 1. The van der Waals surface area contributed by atoms with Crippen LogP contribution in [0.4, 0.5) is 5.69 Å². The molecular weight excluding hydrogens is 442 g/mol. The molecule has 3 aromatic rings. The Hall–Kier alpha value is -2.60. The summed E-state index contributed by atoms with van der Waals surface area (Å²) in [7, 11) is -2.38. The summed E-state index contributed by atoms with van der Waals surface area (Å²) in [5, 5.41) is 3.11. The Kier molecular flexibility index (Phi) is 6.46. The number of para-hydroxylation sites is 2. The molecule has 1 fully saturated rings. The molecule has 1 saturated heterocycles. The molecule has 0 spiro atoms. The highest BCUT2D eigenvalue weighted by atomic mass is 32.2. The highest BCUT2D eigenvalue weighted by Crippen LogP contribution is 2.30. The van der Waals surface area contributed by atoms with Crippen LogP contribution in [0.2, 0.25) is 0 Å². The minimum atomic E-state index is -3.79. The summed E-state index contributed by atoms with van der Waals surface area (Å²) in [4.78, 5) is 16.7. The first-order valence-corrected chi connectivity index (χ1v) is 11.9. The molecule has 4 rings (SSSR count). The van der Waals surface area contributed by atoms with Gasteiger partial charge in [-0.15, -0.1) is 0 Å². The molecule has 31 heavy (non-hydrogen) atoms. The molecule has 2 aromatic carbocycles. The number of hydrogen-bond acceptors (Lipinski definition) is 8. The van der Waals surface area contributed by atoms with Crippen LogP contribution in [-0.2, 0) is 19.6 Å². The quantitative estimate of drug-likeness (QED) is 0.532. The van der Waals surface area contributed by atoms with Crippen LogP contribution in [0.5, 0.6) is 5.75 Å². The Morgan fingerprint density at radius 2 is 2.00 bits per heavy atom. The maximum absolute atomic E-state index is 13.1. The number of nitrogens with zero attached hydrogens (tertiary/aromatic N) is 2. The minimum absolute atomic E-state index is 0.00121. The fraction of sp³-hybridized carbons (Fsp3) is 0.300. The first-order chi connectivity index (χ1) is 15.0. The van der Waals surface area contributed by atoms with E-state index in [9.17, 15) is 13.2 Å². The Balaban J connectivity index is 1.46. The van der Waals surface area contributed by atoms with Gasteiger partial charge < -0.3 is 19.2 Å². The van der Waals surface area contributed by atoms with Crippen molar-refractivity contribution in [3.05, 3.63) is 42.5 Å². The van der Waals surface area contributed by atoms with E-state index in [2.05, 4.69) is 10.3 Å². The summed E-state index contributed by atoms with van der Waals surface area (Å²) < 4.78 is 43.5. The molecule has 0 aliphatic carbocycles. The van der Waals surface area contributed by atoms with E-state index in [4.69, 9.17) is 13.9 Å². The number of rotatable bonds is 7. The van der Waals surface area contributed by atoms with Crippen molar-refractivity contribution in [2.75, 3.05) is 44.5 Å². The molecule has 0 atom stereocenters. The number of hydrogen-bond donors (Lipinski definition) is 1. The molecule has 1 aliphatic rings. The minimum Gasteiger partial charge on any atom is -0.495 e. The highest BCUT2D eigenvalue weighted by molar-refractivity contribution is 7.99. The smallest absolute Gasteiger partial charge is 0.257 e. The number of aromatic nitrogens is 1. The van der Waals surface area contributed by atoms with E-state index < -0.39 is 10.0 Å². The van der Waals surface area contributed by atoms with Crippen LogP contribution < -0.4 is 10.1 Å². The molecule has 164 valence electrons. The predicted octanol–water partition coefficient (Wildman–Crippen LogP) is 2.59. The van der Waals surface area contributed by atoms with Gasteiger partial charge in [0.15, 0.2) is 5.58 Å². The maximum Gasteiger partial charge on any atom is 0.257 e. The van der Waals surface area contributed by atoms with E-state index in [0.717, 1.165) is 17.3 Å². The Morgan fingerprint density at radius 3 is 2.74 bits per heavy atom. The Labute approximate surface area is 183 Å². The zero-order valence-corrected chi connectivity index (χ0v) is 18.4. The lowest BCUT2D eigenvalue weighted by molar-refractivity contribution is -0.113. The van der Waals surface area contributed by atoms with Crippen LogP contribution >= 0.6 is 11.8 Å². The van der Waals surface area contributed by atoms with Gasteiger partial charge in [-0.1, -0.05) is 23.9 Å². The number of oxazole rings is 1. The first kappa shape index (κ1) is 21.6. The van der Waals surface area contributed by atoms with Gasteiger partial charge in [0, 0.05) is 18.8 Å². The van der Waals surface area contributed by atoms with Gasteiger partial charge in [0.2, 0.25) is 15.9 Å². The van der Waals surface area contributed by atoms with Crippen molar-refractivity contribution in [3.8, 4) is 5.75 Å². The molecule has 1 amide bonds. The molecule has 1 aliphatic heterocycles. The fourth-order valence-corrected chi connectivity index (χ4v) is 5.35. The third-order valence-electron chi connectivity index (χ3n) is 4.64. The van der Waals surface area contributed by atoms with Gasteiger partial charge in [0.1, 0.15) is 16.2 Å². The lowest BCUT2D eigenvalue weighted by Crippen LogP contribution is -2.40. The lowest BCUT2D eigenvalue weighted by Gasteiger charge is -2.26. The van der Waals surface area contributed by atoms with Gasteiger partial charge in [0.25, 0.3) is 5.22 Å². The topological polar surface area (TPSA) is 111 Å². The van der Waals surface area contributed by atoms with Crippen molar-refractivity contribution in [1.82, 2.24) is 9.29 Å². The summed E-state index contributed by atoms with van der Waals surface area (Å²) in [5.41, 5.74) is 1.73. The molecule has 11 heteroatoms. The van der Waals surface area contributed by atoms with Crippen LogP contribution in [0.15, 0.2) is 57.0 Å². The average Bonchev–Trinajstić information content (AvgIpc) is 3.21. The van der Waals surface area contributed by atoms with Crippen molar-refractivity contribution in [2.45, 2.75) is 10.1 Å². The third-order valence-corrected chi connectivity index (χ3v) is 7.38. The number of carbonyl (C=O) groups is 1. The molecule has 1 N–H and O–H groups in total. The number of sulfonamides is 1. The van der Waals surface area contributed by atoms with Crippen molar-refractivity contribution < 1.29 is 27.1 Å². The summed E-state index contributed by atoms with van der Waals surface area (Å²) in [6.07, 6.45) is 0. The molecule has 0 saturated carbocycles. The van der Waals surface area contributed by atoms with Crippen molar-refractivity contribution >= 4 is 44.5 Å². The second-order valence-corrected chi connectivity index (χ2v) is 9.50. The van der Waals surface area contributed by atoms with E-state index in [-0.39, 0.29) is 35.4 Å². The van der Waals surface area contributed by atoms with Gasteiger partial charge in [-0.05, 0) is 30.3 Å². The Morgan fingerprint density at radius 1 is 1.23 bits per heavy atom. The number of thioether (sulfide) groups is 1. The van der Waals surface area contributed by atoms with Crippen LogP contribution in [0.1, 0.15) is 0 Å². The van der Waals surface area contributed by atoms with Gasteiger partial charge >= 0.3 is 0 Å². The summed E-state index contributed by atoms with van der Waals surface area (Å²) >= 11 is 1.16. The van der Waals surface area contributed by atoms with Crippen LogP contribution in [0, 0.1) is 0 Å². The van der Waals surface area contributed by atoms with Crippen molar-refractivity contribution in [2.24, 2.45) is 0 Å². The molecule has 0 radical (unpaired) electrons. The van der Waals surface area contributed by atoms with E-state index >= 15 is 0 Å². The maximum atomic E-state index is 13.1. The largest absolute Gasteiger partial charge is 0.495 e. The van der Waals surface area contributed by atoms with Crippen LogP contribution in [0.25, 0.3) is 11.1 Å². The number of ether oxygens (including phenoxy) is 2. The molecule has 0 unspecified atom stereocenters. The fourth-order valence-electron chi connectivity index (χ4n) is 3.12. The molecular formula is C20H21N3O6S2. The average molecular weight is 464 g/mol. The zero-order chi connectivity index (χ0) is 21.8. The van der Waals surface area contributed by atoms with E-state index in [1.807, 2.05) is 18.2 Å². The first-order valence-electron chi connectivity index (χ1n) is 9.51. The van der Waals surface area contributed by atoms with E-state index in [0.29, 0.717) is 29.7 Å². The lowest BCUT2D eigenvalue weighted by atomic mass is 10.3. The monoisotopic (exact) mass is 463 g/mol. The summed E-state index contributed by atoms with van der Waals surface area (Å²) in [6.45, 7) is 1.21. The van der Waals surface area contributed by atoms with Gasteiger partial charge in [-0.25, -0.2) is 13.4 Å². The number of amides is 1. The van der Waals surface area contributed by atoms with Gasteiger partial charge in [-0.3, -0.25) is 4.79 Å². The second kappa shape index (κ2) is 9.27. The number of methoxy groups -OCH3 is 1. The summed E-state index contributed by atoms with van der Waals surface area (Å²) in [5.74, 6) is -0.0396. The number of carbonyl (C=O) groups excluding carboxylic acids is 1. The van der Waals surface area contributed by atoms with E-state index in [1.165, 1.54) is 23.5 Å². The Bertz CT molecular complexity index is 1160. The zero-order valence-electron chi connectivity index (χ0n) is 16.7. The van der Waals surface area contributed by atoms with Crippen LogP contribution in [0.3, 0.4) is 0 Å².